The summed E-state index contributed by atoms with van der Waals surface area (Å²) >= 11 is 0. The Bertz CT molecular complexity index is 308. The van der Waals surface area contributed by atoms with Crippen molar-refractivity contribution < 1.29 is 0 Å². The molecule has 4 heteroatoms. The Balaban J connectivity index is 2.31. The van der Waals surface area contributed by atoms with E-state index in [9.17, 15) is 4.79 Å². The molecule has 0 aliphatic heterocycles. The van der Waals surface area contributed by atoms with Crippen LogP contribution in [0.1, 0.15) is 31.0 Å². The van der Waals surface area contributed by atoms with Gasteiger partial charge in [0.1, 0.15) is 5.82 Å². The molecule has 0 unspecified atom stereocenters. The molecule has 0 spiro atoms. The minimum absolute atomic E-state index is 0.105. The van der Waals surface area contributed by atoms with Crippen molar-refractivity contribution in [2.45, 2.75) is 25.2 Å². The van der Waals surface area contributed by atoms with Crippen molar-refractivity contribution in [2.24, 2.45) is 7.05 Å². The highest BCUT2D eigenvalue weighted by Gasteiger charge is 2.22. The minimum Gasteiger partial charge on any atom is -0.293 e. The molecule has 0 saturated heterocycles. The third-order valence-electron chi connectivity index (χ3n) is 2.28. The Morgan fingerprint density at radius 3 is 2.73 bits per heavy atom. The number of nitrogens with one attached hydrogen (secondary N) is 1. The number of hydrogen-bond donors (Lipinski definition) is 1. The van der Waals surface area contributed by atoms with E-state index in [1.807, 2.05) is 0 Å². The van der Waals surface area contributed by atoms with Crippen LogP contribution in [0, 0.1) is 0 Å². The third-order valence-corrected chi connectivity index (χ3v) is 2.28. The van der Waals surface area contributed by atoms with Crippen LogP contribution in [0.15, 0.2) is 4.79 Å². The van der Waals surface area contributed by atoms with Crippen molar-refractivity contribution in [3.63, 3.8) is 0 Å². The number of aromatic nitrogens is 3. The van der Waals surface area contributed by atoms with Crippen LogP contribution in [0.5, 0.6) is 0 Å². The monoisotopic (exact) mass is 153 g/mol. The molecule has 0 bridgehead atoms. The van der Waals surface area contributed by atoms with Crippen LogP contribution in [-0.4, -0.2) is 14.8 Å². The van der Waals surface area contributed by atoms with Crippen LogP contribution in [0.4, 0.5) is 0 Å². The molecule has 1 fully saturated rings. The molecular formula is C7H11N3O. The van der Waals surface area contributed by atoms with Crippen LogP contribution >= 0.6 is 0 Å². The Hall–Kier alpha value is -1.06. The zero-order valence-corrected chi connectivity index (χ0v) is 6.50. The van der Waals surface area contributed by atoms with Gasteiger partial charge < -0.3 is 0 Å². The number of aromatic amines is 1. The van der Waals surface area contributed by atoms with E-state index < -0.39 is 0 Å². The lowest BCUT2D eigenvalue weighted by Crippen LogP contribution is -2.13. The summed E-state index contributed by atoms with van der Waals surface area (Å²) in [7, 11) is 1.67. The summed E-state index contributed by atoms with van der Waals surface area (Å²) in [5.41, 5.74) is -0.105. The van der Waals surface area contributed by atoms with E-state index in [0.29, 0.717) is 5.92 Å². The van der Waals surface area contributed by atoms with Gasteiger partial charge in [0, 0.05) is 13.0 Å². The molecule has 1 aromatic rings. The van der Waals surface area contributed by atoms with Gasteiger partial charge in [0.2, 0.25) is 0 Å². The van der Waals surface area contributed by atoms with Gasteiger partial charge in [-0.25, -0.2) is 9.48 Å². The molecule has 0 radical (unpaired) electrons. The van der Waals surface area contributed by atoms with Crippen LogP contribution in [-0.2, 0) is 7.05 Å². The first kappa shape index (κ1) is 6.64. The van der Waals surface area contributed by atoms with Crippen LogP contribution in [0.25, 0.3) is 0 Å². The normalized spacial score (nSPS) is 18.3. The number of rotatable bonds is 1. The summed E-state index contributed by atoms with van der Waals surface area (Å²) in [6.45, 7) is 0. The van der Waals surface area contributed by atoms with E-state index in [1.54, 1.807) is 7.05 Å². The molecule has 0 amide bonds. The smallest absolute Gasteiger partial charge is 0.293 e. The minimum atomic E-state index is -0.105. The molecule has 1 aliphatic rings. The summed E-state index contributed by atoms with van der Waals surface area (Å²) in [5.74, 6) is 1.38. The van der Waals surface area contributed by atoms with Gasteiger partial charge in [-0.05, 0) is 12.8 Å². The zero-order chi connectivity index (χ0) is 7.84. The number of nitrogens with zero attached hydrogens (tertiary/aromatic N) is 2. The largest absolute Gasteiger partial charge is 0.343 e. The Morgan fingerprint density at radius 1 is 1.64 bits per heavy atom. The molecule has 1 saturated carbocycles. The van der Waals surface area contributed by atoms with Gasteiger partial charge in [-0.15, -0.1) is 0 Å². The molecule has 4 nitrogen and oxygen atoms in total. The topological polar surface area (TPSA) is 50.7 Å². The SMILES string of the molecule is Cn1nc(C2CCC2)[nH]c1=O. The second kappa shape index (κ2) is 2.22. The average molecular weight is 153 g/mol. The summed E-state index contributed by atoms with van der Waals surface area (Å²) in [4.78, 5) is 13.7. The summed E-state index contributed by atoms with van der Waals surface area (Å²) in [6, 6.07) is 0. The lowest BCUT2D eigenvalue weighted by Gasteiger charge is -2.21. The lowest BCUT2D eigenvalue weighted by atomic mass is 9.85. The van der Waals surface area contributed by atoms with Gasteiger partial charge in [-0.1, -0.05) is 6.42 Å². The quantitative estimate of drug-likeness (QED) is 0.634. The summed E-state index contributed by atoms with van der Waals surface area (Å²) in [5, 5.41) is 4.08. The standard InChI is InChI=1S/C7H11N3O/c1-10-7(11)8-6(9-10)5-3-2-4-5/h5H,2-4H2,1H3,(H,8,9,11). The molecular weight excluding hydrogens is 142 g/mol. The predicted molar refractivity (Wildman–Crippen MR) is 40.4 cm³/mol. The predicted octanol–water partition coefficient (Wildman–Crippen LogP) is 0.376. The van der Waals surface area contributed by atoms with Crippen molar-refractivity contribution in [2.75, 3.05) is 0 Å². The Kier molecular flexibility index (Phi) is 1.34. The fourth-order valence-electron chi connectivity index (χ4n) is 1.29. The summed E-state index contributed by atoms with van der Waals surface area (Å²) in [6.07, 6.45) is 3.61. The number of aryl methyl sites for hydroxylation is 1. The van der Waals surface area contributed by atoms with Crippen molar-refractivity contribution in [3.05, 3.63) is 16.3 Å². The van der Waals surface area contributed by atoms with E-state index in [2.05, 4.69) is 10.1 Å². The zero-order valence-electron chi connectivity index (χ0n) is 6.50. The van der Waals surface area contributed by atoms with Gasteiger partial charge >= 0.3 is 5.69 Å². The first-order chi connectivity index (χ1) is 5.27. The van der Waals surface area contributed by atoms with Crippen LogP contribution in [0.2, 0.25) is 0 Å². The maximum Gasteiger partial charge on any atom is 0.343 e. The molecule has 1 heterocycles. The Labute approximate surface area is 64.2 Å². The second-order valence-corrected chi connectivity index (χ2v) is 3.07. The van der Waals surface area contributed by atoms with Crippen molar-refractivity contribution in [3.8, 4) is 0 Å². The van der Waals surface area contributed by atoms with E-state index in [0.717, 1.165) is 5.82 Å². The second-order valence-electron chi connectivity index (χ2n) is 3.07. The maximum atomic E-state index is 10.9. The molecule has 0 aromatic carbocycles. The first-order valence-electron chi connectivity index (χ1n) is 3.90. The Morgan fingerprint density at radius 2 is 2.36 bits per heavy atom. The number of hydrogen-bond acceptors (Lipinski definition) is 2. The first-order valence-corrected chi connectivity index (χ1v) is 3.90. The molecule has 1 N–H and O–H groups in total. The summed E-state index contributed by atoms with van der Waals surface area (Å²) < 4.78 is 1.35. The van der Waals surface area contributed by atoms with E-state index in [1.165, 1.54) is 23.9 Å². The van der Waals surface area contributed by atoms with E-state index in [4.69, 9.17) is 0 Å². The molecule has 60 valence electrons. The van der Waals surface area contributed by atoms with Crippen LogP contribution in [0.3, 0.4) is 0 Å². The fraction of sp³-hybridized carbons (Fsp3) is 0.714. The highest BCUT2D eigenvalue weighted by atomic mass is 16.1. The van der Waals surface area contributed by atoms with Crippen molar-refractivity contribution >= 4 is 0 Å². The molecule has 11 heavy (non-hydrogen) atoms. The van der Waals surface area contributed by atoms with Gasteiger partial charge in [0.05, 0.1) is 0 Å². The molecule has 0 atom stereocenters. The van der Waals surface area contributed by atoms with Crippen molar-refractivity contribution in [1.82, 2.24) is 14.8 Å². The third kappa shape index (κ3) is 0.982. The number of H-pyrrole nitrogens is 1. The molecule has 1 aliphatic carbocycles. The van der Waals surface area contributed by atoms with Crippen LogP contribution < -0.4 is 5.69 Å². The van der Waals surface area contributed by atoms with Gasteiger partial charge in [0.15, 0.2) is 0 Å². The lowest BCUT2D eigenvalue weighted by molar-refractivity contribution is 0.400. The molecule has 1 aromatic heterocycles. The van der Waals surface area contributed by atoms with Gasteiger partial charge in [0.25, 0.3) is 0 Å². The molecule has 2 rings (SSSR count). The fourth-order valence-corrected chi connectivity index (χ4v) is 1.29. The van der Waals surface area contributed by atoms with Crippen molar-refractivity contribution in [1.29, 1.82) is 0 Å². The highest BCUT2D eigenvalue weighted by molar-refractivity contribution is 4.98. The van der Waals surface area contributed by atoms with E-state index >= 15 is 0 Å². The average Bonchev–Trinajstić information content (AvgIpc) is 2.08. The van der Waals surface area contributed by atoms with E-state index in [-0.39, 0.29) is 5.69 Å². The maximum absolute atomic E-state index is 10.9. The van der Waals surface area contributed by atoms with Gasteiger partial charge in [-0.2, -0.15) is 5.10 Å². The highest BCUT2D eigenvalue weighted by Crippen LogP contribution is 2.33. The van der Waals surface area contributed by atoms with Gasteiger partial charge in [-0.3, -0.25) is 4.98 Å².